The summed E-state index contributed by atoms with van der Waals surface area (Å²) in [6, 6.07) is 0.145. The van der Waals surface area contributed by atoms with Gasteiger partial charge in [-0.05, 0) is 44.9 Å². The molecule has 0 saturated heterocycles. The highest BCUT2D eigenvalue weighted by molar-refractivity contribution is 5.79. The molecule has 0 spiro atoms. The molecule has 1 heterocycles. The van der Waals surface area contributed by atoms with Crippen LogP contribution in [0.2, 0.25) is 0 Å². The summed E-state index contributed by atoms with van der Waals surface area (Å²) in [6.07, 6.45) is 3.85. The summed E-state index contributed by atoms with van der Waals surface area (Å²) in [6.45, 7) is 3.86. The summed E-state index contributed by atoms with van der Waals surface area (Å²) < 4.78 is 5.09. The summed E-state index contributed by atoms with van der Waals surface area (Å²) in [5.41, 5.74) is 1.66. The Labute approximate surface area is 118 Å². The molecule has 5 heteroatoms. The molecule has 5 nitrogen and oxygen atoms in total. The fourth-order valence-electron chi connectivity index (χ4n) is 4.05. The number of nitrogens with zero attached hydrogens (tertiary/aromatic N) is 1. The maximum Gasteiger partial charge on any atom is 0.224 e. The molecule has 4 unspecified atom stereocenters. The minimum absolute atomic E-state index is 0.00963. The average Bonchev–Trinajstić information content (AvgIpc) is 3.09. The molecule has 2 aliphatic carbocycles. The Bertz CT molecular complexity index is 492. The first kappa shape index (κ1) is 13.6. The topological polar surface area (TPSA) is 75.4 Å². The maximum absolute atomic E-state index is 12.2. The predicted octanol–water partition coefficient (Wildman–Crippen LogP) is 1.36. The van der Waals surface area contributed by atoms with Crippen molar-refractivity contribution in [2.45, 2.75) is 45.6 Å². The van der Waals surface area contributed by atoms with Crippen molar-refractivity contribution in [3.8, 4) is 0 Å². The van der Waals surface area contributed by atoms with E-state index in [1.807, 2.05) is 13.8 Å². The average molecular weight is 278 g/mol. The summed E-state index contributed by atoms with van der Waals surface area (Å²) >= 11 is 0. The van der Waals surface area contributed by atoms with Crippen molar-refractivity contribution in [3.05, 3.63) is 17.0 Å². The maximum atomic E-state index is 12.2. The van der Waals surface area contributed by atoms with Crippen LogP contribution < -0.4 is 5.32 Å². The number of hydrogen-bond donors (Lipinski definition) is 2. The van der Waals surface area contributed by atoms with Gasteiger partial charge in [0.05, 0.1) is 12.1 Å². The van der Waals surface area contributed by atoms with Crippen LogP contribution in [0.25, 0.3) is 0 Å². The second-order valence-electron chi connectivity index (χ2n) is 6.25. The van der Waals surface area contributed by atoms with Crippen LogP contribution in [0, 0.1) is 31.6 Å². The number of aromatic nitrogens is 1. The van der Waals surface area contributed by atoms with E-state index in [0.717, 1.165) is 17.7 Å². The molecular weight excluding hydrogens is 256 g/mol. The highest BCUT2D eigenvalue weighted by atomic mass is 16.5. The summed E-state index contributed by atoms with van der Waals surface area (Å²) in [7, 11) is 0. The highest BCUT2D eigenvalue weighted by Crippen LogP contribution is 2.48. The van der Waals surface area contributed by atoms with Gasteiger partial charge in [0.2, 0.25) is 5.91 Å². The monoisotopic (exact) mass is 278 g/mol. The van der Waals surface area contributed by atoms with E-state index in [1.165, 1.54) is 12.8 Å². The first-order valence-electron chi connectivity index (χ1n) is 7.42. The zero-order valence-electron chi connectivity index (χ0n) is 12.1. The molecule has 4 atom stereocenters. The molecule has 0 radical (unpaired) electrons. The minimum atomic E-state index is 0.00963. The van der Waals surface area contributed by atoms with Gasteiger partial charge in [0.25, 0.3) is 0 Å². The largest absolute Gasteiger partial charge is 0.396 e. The molecule has 0 aliphatic heterocycles. The van der Waals surface area contributed by atoms with E-state index in [2.05, 4.69) is 10.5 Å². The van der Waals surface area contributed by atoms with Gasteiger partial charge < -0.3 is 14.9 Å². The number of hydrogen-bond acceptors (Lipinski definition) is 4. The number of rotatable bonds is 4. The lowest BCUT2D eigenvalue weighted by molar-refractivity contribution is -0.122. The van der Waals surface area contributed by atoms with Crippen molar-refractivity contribution >= 4 is 5.91 Å². The van der Waals surface area contributed by atoms with Crippen LogP contribution >= 0.6 is 0 Å². The molecule has 2 bridgehead atoms. The van der Waals surface area contributed by atoms with E-state index in [-0.39, 0.29) is 24.5 Å². The van der Waals surface area contributed by atoms with Gasteiger partial charge in [-0.15, -0.1) is 0 Å². The molecule has 0 aromatic carbocycles. The number of nitrogens with one attached hydrogen (secondary N) is 1. The summed E-state index contributed by atoms with van der Waals surface area (Å²) in [4.78, 5) is 12.2. The van der Waals surface area contributed by atoms with E-state index < -0.39 is 0 Å². The number of carbonyl (C=O) groups excluding carboxylic acids is 1. The number of amides is 1. The van der Waals surface area contributed by atoms with Crippen LogP contribution in [0.3, 0.4) is 0 Å². The SMILES string of the molecule is Cc1noc(C)c1CC(=O)NC1C2CCC(C2)C1CO. The minimum Gasteiger partial charge on any atom is -0.396 e. The second-order valence-corrected chi connectivity index (χ2v) is 6.25. The van der Waals surface area contributed by atoms with Crippen LogP contribution in [0.1, 0.15) is 36.3 Å². The van der Waals surface area contributed by atoms with Gasteiger partial charge in [-0.1, -0.05) is 5.16 Å². The number of fused-ring (bicyclic) bond motifs is 2. The van der Waals surface area contributed by atoms with Crippen molar-refractivity contribution < 1.29 is 14.4 Å². The van der Waals surface area contributed by atoms with Crippen molar-refractivity contribution in [2.75, 3.05) is 6.61 Å². The Morgan fingerprint density at radius 1 is 1.40 bits per heavy atom. The molecular formula is C15H22N2O3. The van der Waals surface area contributed by atoms with Crippen LogP contribution in [0.4, 0.5) is 0 Å². The number of carbonyl (C=O) groups is 1. The Kier molecular flexibility index (Phi) is 3.54. The van der Waals surface area contributed by atoms with E-state index in [4.69, 9.17) is 4.52 Å². The lowest BCUT2D eigenvalue weighted by Gasteiger charge is -2.30. The van der Waals surface area contributed by atoms with E-state index in [1.54, 1.807) is 0 Å². The molecule has 2 N–H and O–H groups in total. The van der Waals surface area contributed by atoms with Crippen molar-refractivity contribution in [1.29, 1.82) is 0 Å². The Morgan fingerprint density at radius 2 is 2.15 bits per heavy atom. The second kappa shape index (κ2) is 5.20. The number of aliphatic hydroxyl groups is 1. The molecule has 2 fully saturated rings. The van der Waals surface area contributed by atoms with Crippen molar-refractivity contribution in [2.24, 2.45) is 17.8 Å². The van der Waals surface area contributed by atoms with Gasteiger partial charge in [0, 0.05) is 24.1 Å². The van der Waals surface area contributed by atoms with Crippen LogP contribution in [0.15, 0.2) is 4.52 Å². The molecule has 2 saturated carbocycles. The molecule has 1 aromatic rings. The third kappa shape index (κ3) is 2.24. The first-order valence-corrected chi connectivity index (χ1v) is 7.42. The Balaban J connectivity index is 1.65. The lowest BCUT2D eigenvalue weighted by Crippen LogP contribution is -2.45. The normalized spacial score (nSPS) is 31.8. The lowest BCUT2D eigenvalue weighted by atomic mass is 9.85. The van der Waals surface area contributed by atoms with Gasteiger partial charge in [0.1, 0.15) is 5.76 Å². The molecule has 2 aliphatic rings. The van der Waals surface area contributed by atoms with Gasteiger partial charge >= 0.3 is 0 Å². The Morgan fingerprint density at radius 3 is 2.80 bits per heavy atom. The molecule has 1 amide bonds. The third-order valence-electron chi connectivity index (χ3n) is 5.15. The molecule has 110 valence electrons. The first-order chi connectivity index (χ1) is 9.60. The zero-order valence-corrected chi connectivity index (χ0v) is 12.1. The zero-order chi connectivity index (χ0) is 14.3. The highest BCUT2D eigenvalue weighted by Gasteiger charge is 2.47. The number of aryl methyl sites for hydroxylation is 2. The molecule has 3 rings (SSSR count). The van der Waals surface area contributed by atoms with Crippen LogP contribution in [-0.4, -0.2) is 28.8 Å². The standard InChI is InChI=1S/C15H22N2O3/c1-8-12(9(2)20-17-8)6-14(19)16-15-11-4-3-10(5-11)13(15)7-18/h10-11,13,15,18H,3-7H2,1-2H3,(H,16,19). The van der Waals surface area contributed by atoms with Crippen LogP contribution in [-0.2, 0) is 11.2 Å². The summed E-state index contributed by atoms with van der Waals surface area (Å²) in [5, 5.41) is 16.6. The number of aliphatic hydroxyl groups excluding tert-OH is 1. The predicted molar refractivity (Wildman–Crippen MR) is 73.0 cm³/mol. The van der Waals surface area contributed by atoms with Gasteiger partial charge in [-0.2, -0.15) is 0 Å². The summed E-state index contributed by atoms with van der Waals surface area (Å²) in [5.74, 6) is 2.10. The van der Waals surface area contributed by atoms with Crippen LogP contribution in [0.5, 0.6) is 0 Å². The molecule has 1 aromatic heterocycles. The smallest absolute Gasteiger partial charge is 0.224 e. The van der Waals surface area contributed by atoms with Gasteiger partial charge in [-0.25, -0.2) is 0 Å². The van der Waals surface area contributed by atoms with E-state index >= 15 is 0 Å². The third-order valence-corrected chi connectivity index (χ3v) is 5.15. The van der Waals surface area contributed by atoms with Gasteiger partial charge in [-0.3, -0.25) is 4.79 Å². The Hall–Kier alpha value is -1.36. The fraction of sp³-hybridized carbons (Fsp3) is 0.733. The van der Waals surface area contributed by atoms with Crippen molar-refractivity contribution in [3.63, 3.8) is 0 Å². The fourth-order valence-corrected chi connectivity index (χ4v) is 4.05. The van der Waals surface area contributed by atoms with Gasteiger partial charge in [0.15, 0.2) is 0 Å². The van der Waals surface area contributed by atoms with Crippen molar-refractivity contribution in [1.82, 2.24) is 10.5 Å². The van der Waals surface area contributed by atoms with E-state index in [9.17, 15) is 9.90 Å². The van der Waals surface area contributed by atoms with E-state index in [0.29, 0.717) is 24.0 Å². The molecule has 20 heavy (non-hydrogen) atoms. The quantitative estimate of drug-likeness (QED) is 0.872.